The van der Waals surface area contributed by atoms with E-state index >= 15 is 0 Å². The molecule has 0 amide bonds. The third-order valence-electron chi connectivity index (χ3n) is 7.85. The molecule has 0 aliphatic carbocycles. The average Bonchev–Trinajstić information content (AvgIpc) is 3.22. The first kappa shape index (κ1) is 26.2. The minimum absolute atomic E-state index is 0.362. The van der Waals surface area contributed by atoms with Crippen molar-refractivity contribution in [2.45, 2.75) is 65.7 Å². The van der Waals surface area contributed by atoms with Crippen LogP contribution in [0.1, 0.15) is 82.5 Å². The molecule has 2 aliphatic rings. The molecule has 2 saturated heterocycles. The molecule has 0 radical (unpaired) electrons. The molecule has 2 aliphatic heterocycles. The van der Waals surface area contributed by atoms with Crippen molar-refractivity contribution in [1.82, 2.24) is 9.88 Å². The largest absolute Gasteiger partial charge is 0.380 e. The second kappa shape index (κ2) is 11.1. The Morgan fingerprint density at radius 2 is 2.00 bits per heavy atom. The molecule has 2 fully saturated rings. The maximum Gasteiger partial charge on any atom is 0.0554 e. The molecule has 3 heterocycles. The van der Waals surface area contributed by atoms with Crippen LogP contribution in [-0.2, 0) is 4.74 Å². The maximum atomic E-state index is 8.33. The van der Waals surface area contributed by atoms with Gasteiger partial charge < -0.3 is 20.0 Å². The Bertz CT molecular complexity index is 1110. The monoisotopic (exact) mass is 493 g/mol. The molecular formula is C30H43N3OS. The lowest BCUT2D eigenvalue weighted by molar-refractivity contribution is -0.116. The van der Waals surface area contributed by atoms with Crippen LogP contribution >= 0.6 is 12.6 Å². The van der Waals surface area contributed by atoms with Crippen LogP contribution in [0.25, 0.3) is 16.5 Å². The Morgan fingerprint density at radius 1 is 1.29 bits per heavy atom. The van der Waals surface area contributed by atoms with Crippen molar-refractivity contribution in [3.8, 4) is 0 Å². The number of likely N-dealkylation sites (tertiary alicyclic amines) is 1. The van der Waals surface area contributed by atoms with Crippen molar-refractivity contribution in [1.29, 1.82) is 5.41 Å². The minimum atomic E-state index is 0.362. The topological polar surface area (TPSA) is 52.1 Å². The summed E-state index contributed by atoms with van der Waals surface area (Å²) >= 11 is 4.50. The number of piperidine rings is 1. The summed E-state index contributed by atoms with van der Waals surface area (Å²) in [6.07, 6.45) is 7.49. The second-order valence-electron chi connectivity index (χ2n) is 11.1. The molecule has 1 aromatic heterocycles. The normalized spacial score (nSPS) is 20.0. The maximum absolute atomic E-state index is 8.33. The van der Waals surface area contributed by atoms with Crippen molar-refractivity contribution in [2.75, 3.05) is 38.6 Å². The van der Waals surface area contributed by atoms with Gasteiger partial charge in [-0.1, -0.05) is 39.8 Å². The van der Waals surface area contributed by atoms with Crippen molar-refractivity contribution < 1.29 is 4.74 Å². The van der Waals surface area contributed by atoms with Gasteiger partial charge in [-0.25, -0.2) is 0 Å². The number of nitrogens with zero attached hydrogens (tertiary/aromatic N) is 1. The van der Waals surface area contributed by atoms with Crippen LogP contribution in [0.3, 0.4) is 0 Å². The number of hydrogen-bond acceptors (Lipinski definition) is 4. The van der Waals surface area contributed by atoms with Gasteiger partial charge in [0.2, 0.25) is 0 Å². The van der Waals surface area contributed by atoms with Gasteiger partial charge in [-0.3, -0.25) is 0 Å². The van der Waals surface area contributed by atoms with E-state index in [4.69, 9.17) is 10.1 Å². The van der Waals surface area contributed by atoms with Gasteiger partial charge in [0.05, 0.1) is 13.2 Å². The van der Waals surface area contributed by atoms with Gasteiger partial charge in [-0.15, -0.1) is 0 Å². The Kier molecular flexibility index (Phi) is 8.30. The van der Waals surface area contributed by atoms with Gasteiger partial charge in [0.15, 0.2) is 0 Å². The molecule has 0 atom stereocenters. The fraction of sp³-hybridized carbons (Fsp3) is 0.567. The number of hydrogen-bond donors (Lipinski definition) is 3. The number of aromatic nitrogens is 1. The van der Waals surface area contributed by atoms with E-state index in [1.165, 1.54) is 60.2 Å². The van der Waals surface area contributed by atoms with Crippen LogP contribution in [0.5, 0.6) is 0 Å². The number of rotatable bonds is 9. The van der Waals surface area contributed by atoms with E-state index in [0.717, 1.165) is 30.8 Å². The summed E-state index contributed by atoms with van der Waals surface area (Å²) < 4.78 is 5.46. The summed E-state index contributed by atoms with van der Waals surface area (Å²) in [6, 6.07) is 7.08. The molecule has 35 heavy (non-hydrogen) atoms. The van der Waals surface area contributed by atoms with Crippen molar-refractivity contribution >= 4 is 34.8 Å². The molecule has 190 valence electrons. The van der Waals surface area contributed by atoms with Crippen LogP contribution in [-0.4, -0.2) is 54.2 Å². The first-order valence-corrected chi connectivity index (χ1v) is 13.9. The molecule has 5 heteroatoms. The lowest BCUT2D eigenvalue weighted by Gasteiger charge is -2.43. The first-order valence-electron chi connectivity index (χ1n) is 13.3. The van der Waals surface area contributed by atoms with E-state index in [9.17, 15) is 0 Å². The fourth-order valence-electron chi connectivity index (χ4n) is 5.76. The zero-order chi connectivity index (χ0) is 25.2. The van der Waals surface area contributed by atoms with Gasteiger partial charge in [-0.2, -0.15) is 12.6 Å². The number of ether oxygens (including phenoxy) is 1. The van der Waals surface area contributed by atoms with Gasteiger partial charge in [0, 0.05) is 40.0 Å². The Hall–Kier alpha value is -1.82. The van der Waals surface area contributed by atoms with Gasteiger partial charge in [0.1, 0.15) is 0 Å². The molecule has 0 unspecified atom stereocenters. The number of fused-ring (bicyclic) bond motifs is 1. The Morgan fingerprint density at radius 3 is 2.54 bits per heavy atom. The van der Waals surface area contributed by atoms with Crippen LogP contribution in [0.15, 0.2) is 35.9 Å². The van der Waals surface area contributed by atoms with Gasteiger partial charge in [-0.05, 0) is 91.6 Å². The van der Waals surface area contributed by atoms with Crippen LogP contribution in [0.2, 0.25) is 0 Å². The number of H-pyrrole nitrogens is 1. The molecule has 1 aromatic carbocycles. The number of nitrogens with one attached hydrogen (secondary N) is 2. The summed E-state index contributed by atoms with van der Waals surface area (Å²) in [5, 5.41) is 9.67. The van der Waals surface area contributed by atoms with E-state index in [-0.39, 0.29) is 0 Å². The third-order valence-corrected chi connectivity index (χ3v) is 8.19. The van der Waals surface area contributed by atoms with E-state index in [0.29, 0.717) is 28.7 Å². The van der Waals surface area contributed by atoms with Crippen LogP contribution in [0, 0.1) is 10.8 Å². The smallest absolute Gasteiger partial charge is 0.0554 e. The highest BCUT2D eigenvalue weighted by atomic mass is 32.1. The minimum Gasteiger partial charge on any atom is -0.380 e. The highest BCUT2D eigenvalue weighted by molar-refractivity contribution is 7.80. The predicted octanol–water partition coefficient (Wildman–Crippen LogP) is 7.20. The highest BCUT2D eigenvalue weighted by Crippen LogP contribution is 2.38. The second-order valence-corrected chi connectivity index (χ2v) is 11.4. The zero-order valence-corrected chi connectivity index (χ0v) is 23.1. The molecular weight excluding hydrogens is 450 g/mol. The van der Waals surface area contributed by atoms with Crippen LogP contribution in [0.4, 0.5) is 0 Å². The average molecular weight is 494 g/mol. The standard InChI is InChI=1S/C30H43N3OS/c1-6-21(14-24(16-35)26(31)7-2)29-28(20(3)4)25-15-23(8-9-27(25)32-29)22-10-12-33(13-11-22)17-30(5)18-34-19-30/h6,8-9,14-15,20,22,31-32,35H,7,10-13,16-19H2,1-5H3/b21-6+,24-14-,31-26?. The first-order chi connectivity index (χ1) is 16.8. The summed E-state index contributed by atoms with van der Waals surface area (Å²) in [4.78, 5) is 6.37. The Labute approximate surface area is 217 Å². The number of aromatic amines is 1. The summed E-state index contributed by atoms with van der Waals surface area (Å²) in [7, 11) is 0. The summed E-state index contributed by atoms with van der Waals surface area (Å²) in [5.74, 6) is 1.60. The molecule has 0 saturated carbocycles. The van der Waals surface area contributed by atoms with E-state index < -0.39 is 0 Å². The molecule has 0 bridgehead atoms. The number of allylic oxidation sites excluding steroid dienone is 3. The van der Waals surface area contributed by atoms with Crippen molar-refractivity contribution in [3.05, 3.63) is 52.7 Å². The van der Waals surface area contributed by atoms with Crippen molar-refractivity contribution in [2.24, 2.45) is 5.41 Å². The molecule has 4 rings (SSSR count). The van der Waals surface area contributed by atoms with E-state index in [1.54, 1.807) is 0 Å². The van der Waals surface area contributed by atoms with Gasteiger partial charge in [0.25, 0.3) is 0 Å². The Balaban J connectivity index is 1.60. The SMILES string of the molecule is C/C=C(\C=C(\CS)C(=N)CC)c1[nH]c2ccc(C3CCN(CC4(C)COC4)CC3)cc2c1C(C)C. The quantitative estimate of drug-likeness (QED) is 0.197. The fourth-order valence-corrected chi connectivity index (χ4v) is 6.04. The zero-order valence-electron chi connectivity index (χ0n) is 22.2. The molecule has 2 aromatic rings. The molecule has 2 N–H and O–H groups in total. The summed E-state index contributed by atoms with van der Waals surface area (Å²) in [5.41, 5.74) is 8.40. The number of thiol groups is 1. The lowest BCUT2D eigenvalue weighted by Crippen LogP contribution is -2.50. The van der Waals surface area contributed by atoms with E-state index in [2.05, 4.69) is 80.6 Å². The lowest BCUT2D eigenvalue weighted by atomic mass is 9.84. The highest BCUT2D eigenvalue weighted by Gasteiger charge is 2.36. The molecule has 4 nitrogen and oxygen atoms in total. The van der Waals surface area contributed by atoms with Gasteiger partial charge >= 0.3 is 0 Å². The molecule has 0 spiro atoms. The van der Waals surface area contributed by atoms with E-state index in [1.807, 2.05) is 6.92 Å². The predicted molar refractivity (Wildman–Crippen MR) is 153 cm³/mol. The van der Waals surface area contributed by atoms with Crippen molar-refractivity contribution in [3.63, 3.8) is 0 Å². The summed E-state index contributed by atoms with van der Waals surface area (Å²) in [6.45, 7) is 16.4. The number of benzene rings is 1. The third kappa shape index (κ3) is 5.63. The van der Waals surface area contributed by atoms with Crippen LogP contribution < -0.4 is 0 Å².